The molecule has 1 aliphatic rings. The van der Waals surface area contributed by atoms with Crippen molar-refractivity contribution < 1.29 is 9.90 Å². The van der Waals surface area contributed by atoms with Crippen molar-refractivity contribution in [2.75, 3.05) is 24.6 Å². The van der Waals surface area contributed by atoms with Gasteiger partial charge in [0.1, 0.15) is 0 Å². The molecule has 0 spiro atoms. The van der Waals surface area contributed by atoms with E-state index in [1.54, 1.807) is 11.8 Å². The van der Waals surface area contributed by atoms with Crippen molar-refractivity contribution in [3.63, 3.8) is 0 Å². The summed E-state index contributed by atoms with van der Waals surface area (Å²) in [6.07, 6.45) is 1.57. The lowest BCUT2D eigenvalue weighted by molar-refractivity contribution is 0.0700. The van der Waals surface area contributed by atoms with Gasteiger partial charge in [-0.1, -0.05) is 23.8 Å². The maximum Gasteiger partial charge on any atom is 0.314 e. The lowest BCUT2D eigenvalue weighted by Crippen LogP contribution is -2.46. The number of nitrogens with one attached hydrogen (secondary N) is 2. The Bertz CT molecular complexity index is 499. The highest BCUT2D eigenvalue weighted by molar-refractivity contribution is 7.99. The summed E-state index contributed by atoms with van der Waals surface area (Å²) in [7, 11) is 0. The van der Waals surface area contributed by atoms with Gasteiger partial charge in [-0.3, -0.25) is 0 Å². The SMILES string of the molecule is Cc1ccc(CCNC(=O)NCC2(O)CCSC2)c(C)c1. The smallest absolute Gasteiger partial charge is 0.314 e. The average molecular weight is 308 g/mol. The number of hydrogen-bond acceptors (Lipinski definition) is 3. The molecule has 1 atom stereocenters. The van der Waals surface area contributed by atoms with Crippen molar-refractivity contribution >= 4 is 17.8 Å². The molecule has 2 rings (SSSR count). The van der Waals surface area contributed by atoms with Crippen LogP contribution in [-0.4, -0.2) is 41.3 Å². The highest BCUT2D eigenvalue weighted by atomic mass is 32.2. The molecule has 0 bridgehead atoms. The van der Waals surface area contributed by atoms with Crippen molar-refractivity contribution in [1.29, 1.82) is 0 Å². The Morgan fingerprint density at radius 2 is 2.19 bits per heavy atom. The number of amides is 2. The molecule has 2 amide bonds. The largest absolute Gasteiger partial charge is 0.387 e. The normalized spacial score (nSPS) is 21.3. The molecule has 1 aliphatic heterocycles. The van der Waals surface area contributed by atoms with Gasteiger partial charge in [0.05, 0.1) is 5.60 Å². The van der Waals surface area contributed by atoms with E-state index in [-0.39, 0.29) is 6.03 Å². The van der Waals surface area contributed by atoms with Crippen molar-refractivity contribution in [3.05, 3.63) is 34.9 Å². The third-order valence-corrected chi connectivity index (χ3v) is 5.07. The minimum absolute atomic E-state index is 0.204. The molecule has 1 saturated heterocycles. The molecule has 1 unspecified atom stereocenters. The van der Waals surface area contributed by atoms with Gasteiger partial charge >= 0.3 is 6.03 Å². The molecule has 0 aromatic heterocycles. The molecular formula is C16H24N2O2S. The minimum Gasteiger partial charge on any atom is -0.387 e. The Balaban J connectivity index is 1.69. The van der Waals surface area contributed by atoms with E-state index in [4.69, 9.17) is 0 Å². The van der Waals surface area contributed by atoms with E-state index in [9.17, 15) is 9.90 Å². The molecule has 5 heteroatoms. The summed E-state index contributed by atoms with van der Waals surface area (Å²) in [5.74, 6) is 1.67. The average Bonchev–Trinajstić information content (AvgIpc) is 2.86. The number of carbonyl (C=O) groups is 1. The number of thioether (sulfide) groups is 1. The Morgan fingerprint density at radius 1 is 1.38 bits per heavy atom. The van der Waals surface area contributed by atoms with Crippen molar-refractivity contribution in [2.24, 2.45) is 0 Å². The van der Waals surface area contributed by atoms with Crippen LogP contribution >= 0.6 is 11.8 Å². The topological polar surface area (TPSA) is 61.4 Å². The summed E-state index contributed by atoms with van der Waals surface area (Å²) in [4.78, 5) is 11.7. The fourth-order valence-corrected chi connectivity index (χ4v) is 3.78. The van der Waals surface area contributed by atoms with Crippen LogP contribution in [0.15, 0.2) is 18.2 Å². The van der Waals surface area contributed by atoms with E-state index in [1.807, 2.05) is 0 Å². The molecule has 1 aromatic rings. The zero-order valence-electron chi connectivity index (χ0n) is 12.7. The van der Waals surface area contributed by atoms with Crippen molar-refractivity contribution in [1.82, 2.24) is 10.6 Å². The van der Waals surface area contributed by atoms with Gasteiger partial charge in [-0.25, -0.2) is 4.79 Å². The third-order valence-electron chi connectivity index (χ3n) is 3.84. The van der Waals surface area contributed by atoms with Crippen LogP contribution < -0.4 is 10.6 Å². The summed E-state index contributed by atoms with van der Waals surface area (Å²) in [5.41, 5.74) is 3.04. The number of benzene rings is 1. The molecule has 1 fully saturated rings. The van der Waals surface area contributed by atoms with Crippen LogP contribution in [-0.2, 0) is 6.42 Å². The van der Waals surface area contributed by atoms with Crippen LogP contribution in [0, 0.1) is 13.8 Å². The van der Waals surface area contributed by atoms with Gasteiger partial charge < -0.3 is 15.7 Å². The first-order valence-corrected chi connectivity index (χ1v) is 8.52. The fraction of sp³-hybridized carbons (Fsp3) is 0.562. The van der Waals surface area contributed by atoms with E-state index in [2.05, 4.69) is 42.7 Å². The lowest BCUT2D eigenvalue weighted by Gasteiger charge is -2.21. The Labute approximate surface area is 130 Å². The van der Waals surface area contributed by atoms with E-state index in [0.717, 1.165) is 18.6 Å². The van der Waals surface area contributed by atoms with Gasteiger partial charge in [0.25, 0.3) is 0 Å². The summed E-state index contributed by atoms with van der Waals surface area (Å²) < 4.78 is 0. The zero-order valence-corrected chi connectivity index (χ0v) is 13.6. The molecule has 4 nitrogen and oxygen atoms in total. The number of urea groups is 1. The summed E-state index contributed by atoms with van der Waals surface area (Å²) >= 11 is 1.73. The molecule has 116 valence electrons. The fourth-order valence-electron chi connectivity index (χ4n) is 2.48. The molecule has 3 N–H and O–H groups in total. The van der Waals surface area contributed by atoms with E-state index < -0.39 is 5.60 Å². The van der Waals surface area contributed by atoms with Crippen LogP contribution in [0.4, 0.5) is 4.79 Å². The Morgan fingerprint density at radius 3 is 2.86 bits per heavy atom. The maximum absolute atomic E-state index is 11.7. The van der Waals surface area contributed by atoms with Gasteiger partial charge in [0.15, 0.2) is 0 Å². The van der Waals surface area contributed by atoms with Crippen molar-refractivity contribution in [3.8, 4) is 0 Å². The quantitative estimate of drug-likeness (QED) is 0.780. The highest BCUT2D eigenvalue weighted by Gasteiger charge is 2.31. The third kappa shape index (κ3) is 4.93. The second-order valence-corrected chi connectivity index (χ2v) is 6.92. The molecule has 0 saturated carbocycles. The first-order valence-electron chi connectivity index (χ1n) is 7.36. The maximum atomic E-state index is 11.7. The predicted octanol–water partition coefficient (Wildman–Crippen LogP) is 2.01. The summed E-state index contributed by atoms with van der Waals surface area (Å²) in [6.45, 7) is 5.10. The minimum atomic E-state index is -0.727. The number of aryl methyl sites for hydroxylation is 2. The number of aliphatic hydroxyl groups is 1. The van der Waals surface area contributed by atoms with Gasteiger partial charge in [-0.15, -0.1) is 0 Å². The first kappa shape index (κ1) is 16.2. The van der Waals surface area contributed by atoms with E-state index in [1.165, 1.54) is 16.7 Å². The molecular weight excluding hydrogens is 284 g/mol. The second kappa shape index (κ2) is 7.18. The predicted molar refractivity (Wildman–Crippen MR) is 87.9 cm³/mol. The van der Waals surface area contributed by atoms with E-state index in [0.29, 0.717) is 18.8 Å². The van der Waals surface area contributed by atoms with Gasteiger partial charge in [0.2, 0.25) is 0 Å². The zero-order chi connectivity index (χ0) is 15.3. The summed E-state index contributed by atoms with van der Waals surface area (Å²) in [6, 6.07) is 6.16. The van der Waals surface area contributed by atoms with Crippen LogP contribution in [0.5, 0.6) is 0 Å². The van der Waals surface area contributed by atoms with E-state index >= 15 is 0 Å². The van der Waals surface area contributed by atoms with Gasteiger partial charge in [-0.05, 0) is 43.6 Å². The summed E-state index contributed by atoms with van der Waals surface area (Å²) in [5, 5.41) is 15.8. The second-order valence-electron chi connectivity index (χ2n) is 5.82. The Hall–Kier alpha value is -1.20. The molecule has 1 heterocycles. The monoisotopic (exact) mass is 308 g/mol. The van der Waals surface area contributed by atoms with Crippen molar-refractivity contribution in [2.45, 2.75) is 32.3 Å². The highest BCUT2D eigenvalue weighted by Crippen LogP contribution is 2.26. The standard InChI is InChI=1S/C16H24N2O2S/c1-12-3-4-14(13(2)9-12)5-7-17-15(19)18-10-16(20)6-8-21-11-16/h3-4,9,20H,5-8,10-11H2,1-2H3,(H2,17,18,19). The van der Waals surface area contributed by atoms with Crippen LogP contribution in [0.3, 0.4) is 0 Å². The van der Waals surface area contributed by atoms with Crippen LogP contribution in [0.2, 0.25) is 0 Å². The van der Waals surface area contributed by atoms with Gasteiger partial charge in [-0.2, -0.15) is 11.8 Å². The molecule has 0 aliphatic carbocycles. The Kier molecular flexibility index (Phi) is 5.53. The number of rotatable bonds is 5. The first-order chi connectivity index (χ1) is 9.98. The number of hydrogen-bond donors (Lipinski definition) is 3. The van der Waals surface area contributed by atoms with Gasteiger partial charge in [0, 0.05) is 18.8 Å². The molecule has 21 heavy (non-hydrogen) atoms. The molecule has 1 aromatic carbocycles. The number of carbonyl (C=O) groups excluding carboxylic acids is 1. The lowest BCUT2D eigenvalue weighted by atomic mass is 10.0. The van der Waals surface area contributed by atoms with Crippen LogP contribution in [0.1, 0.15) is 23.1 Å². The van der Waals surface area contributed by atoms with Crippen LogP contribution in [0.25, 0.3) is 0 Å². The molecule has 0 radical (unpaired) electrons.